The summed E-state index contributed by atoms with van der Waals surface area (Å²) >= 11 is 0. The number of rotatable bonds is 5. The van der Waals surface area contributed by atoms with Gasteiger partial charge in [0, 0.05) is 5.56 Å². The summed E-state index contributed by atoms with van der Waals surface area (Å²) in [4.78, 5) is 23.7. The molecule has 0 spiro atoms. The van der Waals surface area contributed by atoms with Crippen molar-refractivity contribution in [2.45, 2.75) is 20.3 Å². The minimum atomic E-state index is -0.167. The number of aryl methyl sites for hydroxylation is 1. The lowest BCUT2D eigenvalue weighted by Crippen LogP contribution is -2.16. The first-order valence-electron chi connectivity index (χ1n) is 7.04. The highest BCUT2D eigenvalue weighted by Crippen LogP contribution is 2.20. The van der Waals surface area contributed by atoms with Gasteiger partial charge in [-0.15, -0.1) is 0 Å². The molecule has 0 unspecified atom stereocenters. The smallest absolute Gasteiger partial charge is 0.228 e. The topological polar surface area (TPSA) is 55.4 Å². The summed E-state index contributed by atoms with van der Waals surface area (Å²) in [5.74, 6) is 0.516. The van der Waals surface area contributed by atoms with Gasteiger partial charge in [-0.25, -0.2) is 0 Å². The first-order valence-corrected chi connectivity index (χ1v) is 7.04. The predicted molar refractivity (Wildman–Crippen MR) is 86.5 cm³/mol. The number of nitrogens with one attached hydrogen (secondary N) is 1. The Morgan fingerprint density at radius 2 is 1.86 bits per heavy atom. The fraction of sp³-hybridized carbons (Fsp3) is 0.222. The number of benzene rings is 2. The van der Waals surface area contributed by atoms with Crippen LogP contribution in [0.15, 0.2) is 42.5 Å². The zero-order valence-electron chi connectivity index (χ0n) is 13.0. The molecule has 22 heavy (non-hydrogen) atoms. The van der Waals surface area contributed by atoms with Crippen molar-refractivity contribution in [1.82, 2.24) is 0 Å². The van der Waals surface area contributed by atoms with Crippen molar-refractivity contribution >= 4 is 17.4 Å². The van der Waals surface area contributed by atoms with Crippen LogP contribution in [-0.4, -0.2) is 18.8 Å². The van der Waals surface area contributed by atoms with Crippen molar-refractivity contribution in [2.75, 3.05) is 12.4 Å². The molecule has 0 aliphatic heterocycles. The zero-order chi connectivity index (χ0) is 16.1. The van der Waals surface area contributed by atoms with Gasteiger partial charge in [0.2, 0.25) is 5.91 Å². The van der Waals surface area contributed by atoms with Crippen molar-refractivity contribution in [2.24, 2.45) is 0 Å². The van der Waals surface area contributed by atoms with Gasteiger partial charge in [0.15, 0.2) is 5.78 Å². The molecule has 0 radical (unpaired) electrons. The summed E-state index contributed by atoms with van der Waals surface area (Å²) in [5.41, 5.74) is 2.94. The van der Waals surface area contributed by atoms with Gasteiger partial charge in [0.05, 0.1) is 19.2 Å². The molecule has 0 aliphatic rings. The summed E-state index contributed by atoms with van der Waals surface area (Å²) in [6.45, 7) is 3.43. The van der Waals surface area contributed by atoms with Gasteiger partial charge in [-0.3, -0.25) is 9.59 Å². The van der Waals surface area contributed by atoms with Crippen molar-refractivity contribution < 1.29 is 14.3 Å². The van der Waals surface area contributed by atoms with Gasteiger partial charge in [0.1, 0.15) is 5.75 Å². The van der Waals surface area contributed by atoms with Crippen molar-refractivity contribution in [3.63, 3.8) is 0 Å². The van der Waals surface area contributed by atoms with Crippen LogP contribution in [-0.2, 0) is 11.2 Å². The highest BCUT2D eigenvalue weighted by molar-refractivity contribution is 6.04. The first-order chi connectivity index (χ1) is 10.5. The molecule has 0 aromatic heterocycles. The molecular formula is C18H19NO3. The SMILES string of the molecule is COc1cc(CC(=O)Nc2ccccc2C(C)=O)ccc1C. The second-order valence-electron chi connectivity index (χ2n) is 5.13. The van der Waals surface area contributed by atoms with Crippen molar-refractivity contribution in [1.29, 1.82) is 0 Å². The minimum absolute atomic E-state index is 0.0760. The third-order valence-corrected chi connectivity index (χ3v) is 3.42. The summed E-state index contributed by atoms with van der Waals surface area (Å²) in [7, 11) is 1.61. The van der Waals surface area contributed by atoms with Crippen LogP contribution >= 0.6 is 0 Å². The number of hydrogen-bond donors (Lipinski definition) is 1. The number of hydrogen-bond acceptors (Lipinski definition) is 3. The molecule has 2 rings (SSSR count). The minimum Gasteiger partial charge on any atom is -0.496 e. The van der Waals surface area contributed by atoms with Crippen LogP contribution in [0.4, 0.5) is 5.69 Å². The normalized spacial score (nSPS) is 10.1. The van der Waals surface area contributed by atoms with Gasteiger partial charge < -0.3 is 10.1 Å². The molecule has 4 heteroatoms. The number of carbonyl (C=O) groups excluding carboxylic acids is 2. The van der Waals surface area contributed by atoms with E-state index in [0.717, 1.165) is 16.9 Å². The Balaban J connectivity index is 2.12. The largest absolute Gasteiger partial charge is 0.496 e. The van der Waals surface area contributed by atoms with Crippen LogP contribution in [0.1, 0.15) is 28.4 Å². The Kier molecular flexibility index (Phi) is 4.94. The van der Waals surface area contributed by atoms with E-state index < -0.39 is 0 Å². The van der Waals surface area contributed by atoms with Gasteiger partial charge in [-0.1, -0.05) is 24.3 Å². The average molecular weight is 297 g/mol. The highest BCUT2D eigenvalue weighted by Gasteiger charge is 2.11. The number of amides is 1. The third kappa shape index (κ3) is 3.73. The van der Waals surface area contributed by atoms with Crippen LogP contribution in [0.25, 0.3) is 0 Å². The molecule has 1 N–H and O–H groups in total. The van der Waals surface area contributed by atoms with Gasteiger partial charge in [-0.2, -0.15) is 0 Å². The zero-order valence-corrected chi connectivity index (χ0v) is 13.0. The van der Waals surface area contributed by atoms with Gasteiger partial charge in [0.25, 0.3) is 0 Å². The third-order valence-electron chi connectivity index (χ3n) is 3.42. The van der Waals surface area contributed by atoms with E-state index in [9.17, 15) is 9.59 Å². The quantitative estimate of drug-likeness (QED) is 0.861. The van der Waals surface area contributed by atoms with Crippen molar-refractivity contribution in [3.8, 4) is 5.75 Å². The van der Waals surface area contributed by atoms with E-state index in [1.165, 1.54) is 6.92 Å². The Morgan fingerprint density at radius 1 is 1.14 bits per heavy atom. The number of ketones is 1. The van der Waals surface area contributed by atoms with Gasteiger partial charge in [-0.05, 0) is 43.2 Å². The maximum absolute atomic E-state index is 12.2. The van der Waals surface area contributed by atoms with E-state index >= 15 is 0 Å². The molecule has 0 aliphatic carbocycles. The Morgan fingerprint density at radius 3 is 2.55 bits per heavy atom. The lowest BCUT2D eigenvalue weighted by molar-refractivity contribution is -0.115. The molecule has 0 saturated carbocycles. The van der Waals surface area contributed by atoms with Crippen LogP contribution in [0, 0.1) is 6.92 Å². The standard InChI is InChI=1S/C18H19NO3/c1-12-8-9-14(10-17(12)22-3)11-18(21)19-16-7-5-4-6-15(16)13(2)20/h4-10H,11H2,1-3H3,(H,19,21). The molecule has 2 aromatic carbocycles. The fourth-order valence-corrected chi connectivity index (χ4v) is 2.25. The van der Waals surface area contributed by atoms with E-state index in [1.54, 1.807) is 31.4 Å². The summed E-state index contributed by atoms with van der Waals surface area (Å²) in [6.07, 6.45) is 0.225. The maximum atomic E-state index is 12.2. The Hall–Kier alpha value is -2.62. The van der Waals surface area contributed by atoms with Crippen LogP contribution in [0.2, 0.25) is 0 Å². The molecule has 0 fully saturated rings. The monoisotopic (exact) mass is 297 g/mol. The summed E-state index contributed by atoms with van der Waals surface area (Å²) in [5, 5.41) is 2.79. The number of ether oxygens (including phenoxy) is 1. The molecule has 2 aromatic rings. The lowest BCUT2D eigenvalue weighted by Gasteiger charge is -2.10. The molecule has 4 nitrogen and oxygen atoms in total. The first kappa shape index (κ1) is 15.8. The number of para-hydroxylation sites is 1. The lowest BCUT2D eigenvalue weighted by atomic mass is 10.1. The molecular weight excluding hydrogens is 278 g/mol. The van der Waals surface area contributed by atoms with E-state index in [-0.39, 0.29) is 18.1 Å². The van der Waals surface area contributed by atoms with Crippen molar-refractivity contribution in [3.05, 3.63) is 59.2 Å². The summed E-state index contributed by atoms with van der Waals surface area (Å²) < 4.78 is 5.26. The fourth-order valence-electron chi connectivity index (χ4n) is 2.25. The van der Waals surface area contributed by atoms with E-state index in [0.29, 0.717) is 11.3 Å². The molecule has 114 valence electrons. The van der Waals surface area contributed by atoms with E-state index in [4.69, 9.17) is 4.74 Å². The second kappa shape index (κ2) is 6.89. The van der Waals surface area contributed by atoms with Crippen LogP contribution in [0.5, 0.6) is 5.75 Å². The number of methoxy groups -OCH3 is 1. The Bertz CT molecular complexity index is 707. The number of carbonyl (C=O) groups is 2. The molecule has 0 saturated heterocycles. The maximum Gasteiger partial charge on any atom is 0.228 e. The van der Waals surface area contributed by atoms with Gasteiger partial charge >= 0.3 is 0 Å². The highest BCUT2D eigenvalue weighted by atomic mass is 16.5. The summed E-state index contributed by atoms with van der Waals surface area (Å²) in [6, 6.07) is 12.7. The molecule has 0 bridgehead atoms. The molecule has 0 heterocycles. The average Bonchev–Trinajstić information content (AvgIpc) is 2.49. The van der Waals surface area contributed by atoms with Crippen LogP contribution < -0.4 is 10.1 Å². The van der Waals surface area contributed by atoms with Crippen LogP contribution in [0.3, 0.4) is 0 Å². The Labute approximate surface area is 130 Å². The number of Topliss-reactive ketones (excluding diaryl/α,β-unsaturated/α-hetero) is 1. The molecule has 1 amide bonds. The number of anilines is 1. The predicted octanol–water partition coefficient (Wildman–Crippen LogP) is 3.39. The van der Waals surface area contributed by atoms with E-state index in [2.05, 4.69) is 5.32 Å². The second-order valence-corrected chi connectivity index (χ2v) is 5.13. The molecule has 0 atom stereocenters. The van der Waals surface area contributed by atoms with E-state index in [1.807, 2.05) is 25.1 Å².